The maximum absolute atomic E-state index is 6.19. The molecule has 0 saturated heterocycles. The molecule has 0 radical (unpaired) electrons. The van der Waals surface area contributed by atoms with Gasteiger partial charge in [0.1, 0.15) is 0 Å². The Morgan fingerprint density at radius 2 is 1.00 bits per heavy atom. The van der Waals surface area contributed by atoms with E-state index in [0.717, 1.165) is 37.9 Å². The van der Waals surface area contributed by atoms with E-state index >= 15 is 0 Å². The highest BCUT2D eigenvalue weighted by Gasteiger charge is 2.13. The largest absolute Gasteiger partial charge is 0.331 e. The molecule has 0 unspecified atom stereocenters. The normalized spacial score (nSPS) is 11.8. The lowest BCUT2D eigenvalue weighted by Crippen LogP contribution is -2.07. The van der Waals surface area contributed by atoms with Crippen molar-refractivity contribution in [2.45, 2.75) is 105 Å². The standard InChI is InChI=1S/C26H47O2P/c1-24(2)18-12-7-5-9-16-22-27-29(26-20-14-11-15-21-26)28-23-17-10-6-8-13-19-25(3)4/h11,14-15,20-21,24-25H,5-10,12-13,16-19,22-23H2,1-4H3. The number of unbranched alkanes of at least 4 members (excludes halogenated alkanes) is 8. The molecule has 0 aliphatic heterocycles. The average molecular weight is 423 g/mol. The molecule has 1 rings (SSSR count). The van der Waals surface area contributed by atoms with Crippen LogP contribution in [0.1, 0.15) is 105 Å². The molecule has 0 aromatic heterocycles. The van der Waals surface area contributed by atoms with Crippen LogP contribution in [0.15, 0.2) is 30.3 Å². The predicted molar refractivity (Wildman–Crippen MR) is 130 cm³/mol. The van der Waals surface area contributed by atoms with Gasteiger partial charge in [0.25, 0.3) is 0 Å². The van der Waals surface area contributed by atoms with Gasteiger partial charge in [-0.25, -0.2) is 0 Å². The van der Waals surface area contributed by atoms with Crippen molar-refractivity contribution >= 4 is 13.7 Å². The van der Waals surface area contributed by atoms with Gasteiger partial charge in [-0.3, -0.25) is 0 Å². The van der Waals surface area contributed by atoms with E-state index in [-0.39, 0.29) is 0 Å². The Balaban J connectivity index is 2.16. The Bertz CT molecular complexity index is 437. The van der Waals surface area contributed by atoms with Crippen molar-refractivity contribution in [1.29, 1.82) is 0 Å². The van der Waals surface area contributed by atoms with Crippen LogP contribution in [0.4, 0.5) is 0 Å². The van der Waals surface area contributed by atoms with Crippen LogP contribution in [0, 0.1) is 11.8 Å². The third kappa shape index (κ3) is 16.0. The molecular weight excluding hydrogens is 375 g/mol. The van der Waals surface area contributed by atoms with Gasteiger partial charge in [-0.1, -0.05) is 110 Å². The summed E-state index contributed by atoms with van der Waals surface area (Å²) in [4.78, 5) is 0. The van der Waals surface area contributed by atoms with Crippen LogP contribution in [0.3, 0.4) is 0 Å². The van der Waals surface area contributed by atoms with Gasteiger partial charge >= 0.3 is 0 Å². The van der Waals surface area contributed by atoms with Crippen molar-refractivity contribution in [2.24, 2.45) is 11.8 Å². The molecule has 0 amide bonds. The minimum absolute atomic E-state index is 0.819. The quantitative estimate of drug-likeness (QED) is 0.164. The zero-order chi connectivity index (χ0) is 21.2. The van der Waals surface area contributed by atoms with Gasteiger partial charge in [0.05, 0.1) is 13.2 Å². The second-order valence-corrected chi connectivity index (χ2v) is 10.7. The van der Waals surface area contributed by atoms with Crippen LogP contribution < -0.4 is 5.30 Å². The molecule has 3 heteroatoms. The van der Waals surface area contributed by atoms with Crippen LogP contribution in [0.2, 0.25) is 0 Å². The molecule has 1 aromatic rings. The molecule has 0 aliphatic carbocycles. The Morgan fingerprint density at radius 3 is 1.45 bits per heavy atom. The lowest BCUT2D eigenvalue weighted by molar-refractivity contribution is 0.246. The van der Waals surface area contributed by atoms with Crippen molar-refractivity contribution in [2.75, 3.05) is 13.2 Å². The number of rotatable bonds is 19. The lowest BCUT2D eigenvalue weighted by Gasteiger charge is -2.18. The Labute approximate surface area is 183 Å². The molecule has 0 aliphatic rings. The number of benzene rings is 1. The Kier molecular flexibility index (Phi) is 16.8. The maximum Gasteiger partial charge on any atom is 0.205 e. The van der Waals surface area contributed by atoms with Crippen LogP contribution in [-0.4, -0.2) is 13.2 Å². The Hall–Kier alpha value is -0.430. The van der Waals surface area contributed by atoms with Crippen molar-refractivity contribution in [1.82, 2.24) is 0 Å². The average Bonchev–Trinajstić information content (AvgIpc) is 2.70. The van der Waals surface area contributed by atoms with Crippen LogP contribution in [0.5, 0.6) is 0 Å². The lowest BCUT2D eigenvalue weighted by atomic mass is 10.0. The molecule has 0 saturated carbocycles. The molecule has 0 spiro atoms. The van der Waals surface area contributed by atoms with Crippen molar-refractivity contribution in [3.8, 4) is 0 Å². The molecule has 0 bridgehead atoms. The SMILES string of the molecule is CC(C)CCCCCCCOP(OCCCCCCCC(C)C)c1ccccc1. The second kappa shape index (κ2) is 18.3. The van der Waals surface area contributed by atoms with Crippen LogP contribution in [0.25, 0.3) is 0 Å². The Morgan fingerprint density at radius 1 is 0.586 bits per heavy atom. The molecule has 1 aromatic carbocycles. The molecule has 0 heterocycles. The predicted octanol–water partition coefficient (Wildman–Crippen LogP) is 8.65. The summed E-state index contributed by atoms with van der Waals surface area (Å²) in [5.41, 5.74) is 0. The van der Waals surface area contributed by atoms with E-state index in [0.29, 0.717) is 0 Å². The molecule has 0 N–H and O–H groups in total. The summed E-state index contributed by atoms with van der Waals surface area (Å²) < 4.78 is 12.4. The van der Waals surface area contributed by atoms with Crippen LogP contribution >= 0.6 is 8.38 Å². The number of hydrogen-bond donors (Lipinski definition) is 0. The van der Waals surface area contributed by atoms with E-state index in [2.05, 4.69) is 58.0 Å². The molecule has 168 valence electrons. The summed E-state index contributed by atoms with van der Waals surface area (Å²) in [6.07, 6.45) is 15.7. The van der Waals surface area contributed by atoms with Crippen molar-refractivity contribution in [3.05, 3.63) is 30.3 Å². The van der Waals surface area contributed by atoms with Gasteiger partial charge in [-0.2, -0.15) is 0 Å². The third-order valence-corrected chi connectivity index (χ3v) is 6.79. The van der Waals surface area contributed by atoms with Crippen molar-refractivity contribution in [3.63, 3.8) is 0 Å². The summed E-state index contributed by atoms with van der Waals surface area (Å²) in [5, 5.41) is 1.20. The van der Waals surface area contributed by atoms with Gasteiger partial charge in [-0.05, 0) is 36.8 Å². The first-order valence-electron chi connectivity index (χ1n) is 12.2. The highest BCUT2D eigenvalue weighted by molar-refractivity contribution is 7.56. The first kappa shape index (κ1) is 26.6. The summed E-state index contributed by atoms with van der Waals surface area (Å²) in [5.74, 6) is 1.68. The van der Waals surface area contributed by atoms with Gasteiger partial charge in [0, 0.05) is 5.30 Å². The smallest absolute Gasteiger partial charge is 0.205 e. The van der Waals surface area contributed by atoms with E-state index in [4.69, 9.17) is 9.05 Å². The summed E-state index contributed by atoms with van der Waals surface area (Å²) in [6, 6.07) is 10.5. The molecular formula is C26H47O2P. The fourth-order valence-corrected chi connectivity index (χ4v) is 4.78. The van der Waals surface area contributed by atoms with Gasteiger partial charge in [0.15, 0.2) is 0 Å². The first-order chi connectivity index (χ1) is 14.1. The molecule has 2 nitrogen and oxygen atoms in total. The van der Waals surface area contributed by atoms with Gasteiger partial charge in [-0.15, -0.1) is 0 Å². The van der Waals surface area contributed by atoms with Crippen LogP contribution in [-0.2, 0) is 9.05 Å². The fourth-order valence-electron chi connectivity index (χ4n) is 3.40. The number of hydrogen-bond acceptors (Lipinski definition) is 2. The highest BCUT2D eigenvalue weighted by Crippen LogP contribution is 2.37. The topological polar surface area (TPSA) is 18.5 Å². The second-order valence-electron chi connectivity index (χ2n) is 9.16. The van der Waals surface area contributed by atoms with Crippen molar-refractivity contribution < 1.29 is 9.05 Å². The van der Waals surface area contributed by atoms with Gasteiger partial charge < -0.3 is 9.05 Å². The minimum Gasteiger partial charge on any atom is -0.331 e. The monoisotopic (exact) mass is 422 g/mol. The molecule has 29 heavy (non-hydrogen) atoms. The van der Waals surface area contributed by atoms with Gasteiger partial charge in [0.2, 0.25) is 8.38 Å². The van der Waals surface area contributed by atoms with E-state index < -0.39 is 8.38 Å². The zero-order valence-electron chi connectivity index (χ0n) is 19.7. The van der Waals surface area contributed by atoms with E-state index in [1.165, 1.54) is 69.5 Å². The summed E-state index contributed by atoms with van der Waals surface area (Å²) in [7, 11) is -0.928. The van der Waals surface area contributed by atoms with E-state index in [9.17, 15) is 0 Å². The van der Waals surface area contributed by atoms with E-state index in [1.807, 2.05) is 0 Å². The minimum atomic E-state index is -0.928. The first-order valence-corrected chi connectivity index (χ1v) is 13.4. The zero-order valence-corrected chi connectivity index (χ0v) is 20.6. The highest BCUT2D eigenvalue weighted by atomic mass is 31.2. The fraction of sp³-hybridized carbons (Fsp3) is 0.769. The third-order valence-electron chi connectivity index (χ3n) is 5.24. The maximum atomic E-state index is 6.19. The molecule has 0 atom stereocenters. The summed E-state index contributed by atoms with van der Waals surface area (Å²) in [6.45, 7) is 10.9. The van der Waals surface area contributed by atoms with E-state index in [1.54, 1.807) is 0 Å². The summed E-state index contributed by atoms with van der Waals surface area (Å²) >= 11 is 0. The molecule has 0 fully saturated rings.